The Morgan fingerprint density at radius 1 is 1.47 bits per heavy atom. The molecule has 0 unspecified atom stereocenters. The highest BCUT2D eigenvalue weighted by atomic mass is 35.5. The van der Waals surface area contributed by atoms with Crippen molar-refractivity contribution >= 4 is 23.3 Å². The Hall–Kier alpha value is -2.01. The Morgan fingerprint density at radius 3 is 2.94 bits per heavy atom. The van der Waals surface area contributed by atoms with Crippen LogP contribution < -0.4 is 5.32 Å². The summed E-state index contributed by atoms with van der Waals surface area (Å²) in [6.07, 6.45) is 1.52. The van der Waals surface area contributed by atoms with Crippen LogP contribution in [0.1, 0.15) is 16.1 Å². The van der Waals surface area contributed by atoms with E-state index in [4.69, 9.17) is 21.2 Å². The number of nitrogens with one attached hydrogen (secondary N) is 1. The minimum absolute atomic E-state index is 0.122. The van der Waals surface area contributed by atoms with E-state index in [1.807, 2.05) is 0 Å². The number of hydrogen-bond donors (Lipinski definition) is 2. The molecule has 0 amide bonds. The maximum absolute atomic E-state index is 11.0. The molecule has 5 nitrogen and oxygen atoms in total. The summed E-state index contributed by atoms with van der Waals surface area (Å²) in [5.41, 5.74) is 0.607. The van der Waals surface area contributed by atoms with Gasteiger partial charge in [0, 0.05) is 16.8 Å². The van der Waals surface area contributed by atoms with E-state index in [1.54, 1.807) is 18.2 Å². The van der Waals surface area contributed by atoms with Crippen LogP contribution in [0.4, 0.5) is 5.69 Å². The van der Waals surface area contributed by atoms with Crippen LogP contribution in [-0.2, 0) is 6.54 Å². The zero-order chi connectivity index (χ0) is 12.3. The number of anilines is 1. The first-order valence-electron chi connectivity index (χ1n) is 4.83. The molecule has 2 N–H and O–H groups in total. The van der Waals surface area contributed by atoms with E-state index in [9.17, 15) is 4.79 Å². The van der Waals surface area contributed by atoms with Crippen molar-refractivity contribution in [2.75, 3.05) is 5.32 Å². The third-order valence-corrected chi connectivity index (χ3v) is 2.39. The summed E-state index contributed by atoms with van der Waals surface area (Å²) >= 11 is 5.74. The molecule has 0 saturated heterocycles. The highest BCUT2D eigenvalue weighted by Crippen LogP contribution is 2.21. The van der Waals surface area contributed by atoms with Crippen LogP contribution in [-0.4, -0.2) is 16.2 Å². The zero-order valence-electron chi connectivity index (χ0n) is 8.68. The second-order valence-electron chi connectivity index (χ2n) is 3.33. The SMILES string of the molecule is O=C(O)c1cc(Cl)ccc1NCc1ccno1. The number of carbonyl (C=O) groups is 1. The number of aromatic carboxylic acids is 1. The second-order valence-corrected chi connectivity index (χ2v) is 3.76. The third kappa shape index (κ3) is 2.76. The summed E-state index contributed by atoms with van der Waals surface area (Å²) in [4.78, 5) is 11.0. The normalized spacial score (nSPS) is 10.2. The molecule has 0 spiro atoms. The van der Waals surface area contributed by atoms with Gasteiger partial charge in [-0.1, -0.05) is 16.8 Å². The van der Waals surface area contributed by atoms with Crippen LogP contribution in [0.25, 0.3) is 0 Å². The number of rotatable bonds is 4. The van der Waals surface area contributed by atoms with Crippen molar-refractivity contribution < 1.29 is 14.4 Å². The number of nitrogens with zero attached hydrogens (tertiary/aromatic N) is 1. The smallest absolute Gasteiger partial charge is 0.337 e. The monoisotopic (exact) mass is 252 g/mol. The van der Waals surface area contributed by atoms with Crippen molar-refractivity contribution in [2.24, 2.45) is 0 Å². The van der Waals surface area contributed by atoms with Crippen LogP contribution in [0.5, 0.6) is 0 Å². The van der Waals surface area contributed by atoms with Crippen molar-refractivity contribution in [3.8, 4) is 0 Å². The Labute approximate surface area is 102 Å². The van der Waals surface area contributed by atoms with Gasteiger partial charge in [0.25, 0.3) is 0 Å². The van der Waals surface area contributed by atoms with Crippen molar-refractivity contribution in [2.45, 2.75) is 6.54 Å². The molecule has 0 aliphatic rings. The summed E-state index contributed by atoms with van der Waals surface area (Å²) in [6, 6.07) is 6.33. The van der Waals surface area contributed by atoms with Crippen molar-refractivity contribution in [1.82, 2.24) is 5.16 Å². The molecule has 17 heavy (non-hydrogen) atoms. The fourth-order valence-electron chi connectivity index (χ4n) is 1.36. The van der Waals surface area contributed by atoms with Gasteiger partial charge in [0.2, 0.25) is 0 Å². The van der Waals surface area contributed by atoms with Gasteiger partial charge in [0.15, 0.2) is 5.76 Å². The topological polar surface area (TPSA) is 75.4 Å². The summed E-state index contributed by atoms with van der Waals surface area (Å²) in [5, 5.41) is 15.9. The number of aromatic nitrogens is 1. The maximum atomic E-state index is 11.0. The highest BCUT2D eigenvalue weighted by molar-refractivity contribution is 6.31. The summed E-state index contributed by atoms with van der Waals surface area (Å²) < 4.78 is 4.89. The van der Waals surface area contributed by atoms with Crippen LogP contribution in [0.2, 0.25) is 5.02 Å². The minimum atomic E-state index is -1.03. The fourth-order valence-corrected chi connectivity index (χ4v) is 1.54. The third-order valence-electron chi connectivity index (χ3n) is 2.16. The van der Waals surface area contributed by atoms with E-state index >= 15 is 0 Å². The lowest BCUT2D eigenvalue weighted by Gasteiger charge is -2.08. The molecule has 1 aromatic carbocycles. The van der Waals surface area contributed by atoms with Crippen LogP contribution >= 0.6 is 11.6 Å². The van der Waals surface area contributed by atoms with E-state index in [0.717, 1.165) is 0 Å². The van der Waals surface area contributed by atoms with Crippen LogP contribution in [0, 0.1) is 0 Å². The lowest BCUT2D eigenvalue weighted by molar-refractivity contribution is 0.0698. The van der Waals surface area contributed by atoms with Gasteiger partial charge in [0.1, 0.15) is 0 Å². The summed E-state index contributed by atoms with van der Waals surface area (Å²) in [6.45, 7) is 0.363. The Bertz CT molecular complexity index is 526. The molecule has 0 atom stereocenters. The number of carboxylic acids is 1. The Morgan fingerprint density at radius 2 is 2.29 bits per heavy atom. The summed E-state index contributed by atoms with van der Waals surface area (Å²) in [7, 11) is 0. The van der Waals surface area contributed by atoms with Gasteiger partial charge >= 0.3 is 5.97 Å². The molecule has 0 fully saturated rings. The quantitative estimate of drug-likeness (QED) is 0.875. The van der Waals surface area contributed by atoms with E-state index in [-0.39, 0.29) is 5.56 Å². The van der Waals surface area contributed by atoms with E-state index in [2.05, 4.69) is 10.5 Å². The van der Waals surface area contributed by atoms with Gasteiger partial charge in [-0.25, -0.2) is 4.79 Å². The summed E-state index contributed by atoms with van der Waals surface area (Å²) in [5.74, 6) is -0.413. The Balaban J connectivity index is 2.17. The standard InChI is InChI=1S/C11H9ClN2O3/c12-7-1-2-10(9(5-7)11(15)16)13-6-8-3-4-14-17-8/h1-5,13H,6H2,(H,15,16). The molecule has 1 heterocycles. The molecule has 2 aromatic rings. The molecule has 0 bridgehead atoms. The van der Waals surface area contributed by atoms with Gasteiger partial charge in [-0.3, -0.25) is 0 Å². The average Bonchev–Trinajstić information content (AvgIpc) is 2.80. The van der Waals surface area contributed by atoms with Gasteiger partial charge in [-0.15, -0.1) is 0 Å². The molecule has 0 aliphatic heterocycles. The molecular formula is C11H9ClN2O3. The van der Waals surface area contributed by atoms with Crippen molar-refractivity contribution in [1.29, 1.82) is 0 Å². The van der Waals surface area contributed by atoms with Gasteiger partial charge in [0.05, 0.1) is 18.3 Å². The highest BCUT2D eigenvalue weighted by Gasteiger charge is 2.10. The van der Waals surface area contributed by atoms with Crippen molar-refractivity contribution in [3.05, 3.63) is 46.8 Å². The number of halogens is 1. The first kappa shape index (κ1) is 11.5. The molecule has 0 radical (unpaired) electrons. The molecule has 88 valence electrons. The number of carboxylic acid groups (broad SMARTS) is 1. The van der Waals surface area contributed by atoms with Gasteiger partial charge in [-0.05, 0) is 18.2 Å². The average molecular weight is 253 g/mol. The van der Waals surface area contributed by atoms with Gasteiger partial charge < -0.3 is 14.9 Å². The lowest BCUT2D eigenvalue weighted by atomic mass is 10.2. The second kappa shape index (κ2) is 4.88. The first-order valence-corrected chi connectivity index (χ1v) is 5.21. The van der Waals surface area contributed by atoms with E-state index in [0.29, 0.717) is 23.0 Å². The number of benzene rings is 1. The minimum Gasteiger partial charge on any atom is -0.478 e. The molecule has 2 rings (SSSR count). The van der Waals surface area contributed by atoms with E-state index in [1.165, 1.54) is 12.3 Å². The predicted octanol–water partition coefficient (Wildman–Crippen LogP) is 2.64. The van der Waals surface area contributed by atoms with Crippen LogP contribution in [0.3, 0.4) is 0 Å². The Kier molecular flexibility index (Phi) is 3.30. The molecule has 0 aliphatic carbocycles. The van der Waals surface area contributed by atoms with Gasteiger partial charge in [-0.2, -0.15) is 0 Å². The zero-order valence-corrected chi connectivity index (χ0v) is 9.44. The maximum Gasteiger partial charge on any atom is 0.337 e. The fraction of sp³-hybridized carbons (Fsp3) is 0.0909. The van der Waals surface area contributed by atoms with Crippen LogP contribution in [0.15, 0.2) is 35.0 Å². The predicted molar refractivity (Wildman–Crippen MR) is 62.2 cm³/mol. The molecule has 1 aromatic heterocycles. The van der Waals surface area contributed by atoms with E-state index < -0.39 is 5.97 Å². The lowest BCUT2D eigenvalue weighted by Crippen LogP contribution is -2.05. The molecular weight excluding hydrogens is 244 g/mol. The largest absolute Gasteiger partial charge is 0.478 e. The molecule has 6 heteroatoms. The van der Waals surface area contributed by atoms with Crippen molar-refractivity contribution in [3.63, 3.8) is 0 Å². The molecule has 0 saturated carbocycles. The number of hydrogen-bond acceptors (Lipinski definition) is 4. The first-order chi connectivity index (χ1) is 8.16.